The van der Waals surface area contributed by atoms with E-state index >= 15 is 0 Å². The number of rotatable bonds is 4. The van der Waals surface area contributed by atoms with E-state index in [-0.39, 0.29) is 11.7 Å². The second kappa shape index (κ2) is 5.78. The summed E-state index contributed by atoms with van der Waals surface area (Å²) in [7, 11) is 1.27. The number of esters is 1. The summed E-state index contributed by atoms with van der Waals surface area (Å²) in [5.41, 5.74) is 0.903. The normalized spacial score (nSPS) is 11.6. The molecule has 6 nitrogen and oxygen atoms in total. The Morgan fingerprint density at radius 2 is 2.21 bits per heavy atom. The molecular weight excluding hydrogens is 244 g/mol. The van der Waals surface area contributed by atoms with Gasteiger partial charge >= 0.3 is 5.97 Å². The lowest BCUT2D eigenvalue weighted by atomic mass is 10.0. The molecule has 1 unspecified atom stereocenters. The topological polar surface area (TPSA) is 80.8 Å². The van der Waals surface area contributed by atoms with Crippen molar-refractivity contribution in [1.82, 2.24) is 14.8 Å². The van der Waals surface area contributed by atoms with Crippen LogP contribution < -0.4 is 0 Å². The van der Waals surface area contributed by atoms with E-state index in [1.165, 1.54) is 18.1 Å². The van der Waals surface area contributed by atoms with Gasteiger partial charge in [-0.05, 0) is 5.56 Å². The lowest BCUT2D eigenvalue weighted by Crippen LogP contribution is -2.10. The van der Waals surface area contributed by atoms with Gasteiger partial charge in [0, 0.05) is 0 Å². The Bertz CT molecular complexity index is 601. The van der Waals surface area contributed by atoms with Crippen molar-refractivity contribution >= 4 is 5.97 Å². The van der Waals surface area contributed by atoms with Crippen molar-refractivity contribution in [3.05, 3.63) is 48.0 Å². The average molecular weight is 256 g/mol. The molecule has 0 N–H and O–H groups in total. The van der Waals surface area contributed by atoms with Crippen LogP contribution in [0, 0.1) is 11.3 Å². The summed E-state index contributed by atoms with van der Waals surface area (Å²) in [4.78, 5) is 15.1. The first-order valence-electron chi connectivity index (χ1n) is 5.67. The number of hydrogen-bond donors (Lipinski definition) is 0. The molecule has 0 amide bonds. The minimum absolute atomic E-state index is 0.00717. The second-order valence-electron chi connectivity index (χ2n) is 3.87. The van der Waals surface area contributed by atoms with Crippen LogP contribution in [0.4, 0.5) is 0 Å². The molecule has 2 rings (SSSR count). The molecule has 0 fully saturated rings. The summed E-state index contributed by atoms with van der Waals surface area (Å²) in [5, 5.41) is 13.2. The maximum atomic E-state index is 11.2. The zero-order valence-corrected chi connectivity index (χ0v) is 10.4. The number of carbonyl (C=O) groups is 1. The van der Waals surface area contributed by atoms with Crippen molar-refractivity contribution in [2.24, 2.45) is 0 Å². The van der Waals surface area contributed by atoms with Gasteiger partial charge in [-0.2, -0.15) is 5.26 Å². The van der Waals surface area contributed by atoms with E-state index < -0.39 is 5.97 Å². The Morgan fingerprint density at radius 3 is 2.84 bits per heavy atom. The number of methoxy groups -OCH3 is 1. The molecule has 0 spiro atoms. The van der Waals surface area contributed by atoms with E-state index in [2.05, 4.69) is 20.9 Å². The molecule has 0 bridgehead atoms. The van der Waals surface area contributed by atoms with Gasteiger partial charge in [-0.25, -0.2) is 9.78 Å². The Balaban J connectivity index is 2.14. The first kappa shape index (κ1) is 12.8. The fourth-order valence-corrected chi connectivity index (χ4v) is 1.66. The SMILES string of the molecule is COC(=O)c1ncn(CC(C#N)c2ccccc2)n1. The van der Waals surface area contributed by atoms with Gasteiger partial charge in [0.05, 0.1) is 25.6 Å². The van der Waals surface area contributed by atoms with E-state index in [1.807, 2.05) is 30.3 Å². The highest BCUT2D eigenvalue weighted by Crippen LogP contribution is 2.16. The van der Waals surface area contributed by atoms with Gasteiger partial charge < -0.3 is 4.74 Å². The molecule has 0 saturated heterocycles. The smallest absolute Gasteiger partial charge is 0.377 e. The van der Waals surface area contributed by atoms with Gasteiger partial charge in [0.15, 0.2) is 0 Å². The quantitative estimate of drug-likeness (QED) is 0.772. The number of nitrogens with zero attached hydrogens (tertiary/aromatic N) is 4. The number of benzene rings is 1. The van der Waals surface area contributed by atoms with Crippen LogP contribution in [-0.2, 0) is 11.3 Å². The Hall–Kier alpha value is -2.68. The summed E-state index contributed by atoms with van der Waals surface area (Å²) >= 11 is 0. The fraction of sp³-hybridized carbons (Fsp3) is 0.231. The van der Waals surface area contributed by atoms with E-state index in [9.17, 15) is 10.1 Å². The Labute approximate surface area is 110 Å². The molecule has 0 saturated carbocycles. The Kier molecular flexibility index (Phi) is 3.88. The van der Waals surface area contributed by atoms with Crippen molar-refractivity contribution in [3.63, 3.8) is 0 Å². The molecule has 0 aliphatic rings. The van der Waals surface area contributed by atoms with Crippen LogP contribution in [0.5, 0.6) is 0 Å². The molecule has 19 heavy (non-hydrogen) atoms. The van der Waals surface area contributed by atoms with Crippen LogP contribution in [-0.4, -0.2) is 27.8 Å². The molecule has 2 aromatic rings. The third-order valence-electron chi connectivity index (χ3n) is 2.63. The lowest BCUT2D eigenvalue weighted by molar-refractivity contribution is 0.0586. The van der Waals surface area contributed by atoms with Crippen LogP contribution in [0.1, 0.15) is 22.1 Å². The molecule has 1 heterocycles. The largest absolute Gasteiger partial charge is 0.463 e. The summed E-state index contributed by atoms with van der Waals surface area (Å²) in [5.74, 6) is -0.937. The van der Waals surface area contributed by atoms with Crippen molar-refractivity contribution in [2.75, 3.05) is 7.11 Å². The third-order valence-corrected chi connectivity index (χ3v) is 2.63. The van der Waals surface area contributed by atoms with Gasteiger partial charge in [-0.3, -0.25) is 4.68 Å². The van der Waals surface area contributed by atoms with Crippen LogP contribution in [0.25, 0.3) is 0 Å². The van der Waals surface area contributed by atoms with Crippen LogP contribution in [0.15, 0.2) is 36.7 Å². The molecule has 1 aromatic carbocycles. The number of aromatic nitrogens is 3. The lowest BCUT2D eigenvalue weighted by Gasteiger charge is -2.08. The van der Waals surface area contributed by atoms with Crippen LogP contribution >= 0.6 is 0 Å². The summed E-state index contributed by atoms with van der Waals surface area (Å²) in [6.07, 6.45) is 1.42. The monoisotopic (exact) mass is 256 g/mol. The van der Waals surface area contributed by atoms with E-state index in [0.717, 1.165) is 5.56 Å². The number of hydrogen-bond acceptors (Lipinski definition) is 5. The molecular formula is C13H12N4O2. The zero-order valence-electron chi connectivity index (χ0n) is 10.4. The van der Waals surface area contributed by atoms with Crippen molar-refractivity contribution in [2.45, 2.75) is 12.5 Å². The standard InChI is InChI=1S/C13H12N4O2/c1-19-13(18)12-15-9-17(16-12)8-11(7-14)10-5-3-2-4-6-10/h2-6,9,11H,8H2,1H3. The highest BCUT2D eigenvalue weighted by Gasteiger charge is 2.15. The van der Waals surface area contributed by atoms with Crippen LogP contribution in [0.2, 0.25) is 0 Å². The van der Waals surface area contributed by atoms with Crippen molar-refractivity contribution < 1.29 is 9.53 Å². The minimum Gasteiger partial charge on any atom is -0.463 e. The molecule has 0 radical (unpaired) electrons. The van der Waals surface area contributed by atoms with Gasteiger partial charge in [-0.1, -0.05) is 30.3 Å². The average Bonchev–Trinajstić information content (AvgIpc) is 2.93. The molecule has 6 heteroatoms. The first-order chi connectivity index (χ1) is 9.24. The highest BCUT2D eigenvalue weighted by atomic mass is 16.5. The van der Waals surface area contributed by atoms with Gasteiger partial charge in [-0.15, -0.1) is 5.10 Å². The molecule has 96 valence electrons. The van der Waals surface area contributed by atoms with Crippen molar-refractivity contribution in [3.8, 4) is 6.07 Å². The van der Waals surface area contributed by atoms with E-state index in [4.69, 9.17) is 0 Å². The molecule has 1 aromatic heterocycles. The minimum atomic E-state index is -0.591. The van der Waals surface area contributed by atoms with E-state index in [1.54, 1.807) is 0 Å². The first-order valence-corrected chi connectivity index (χ1v) is 5.67. The fourth-order valence-electron chi connectivity index (χ4n) is 1.66. The summed E-state index contributed by atoms with van der Waals surface area (Å²) in [6, 6.07) is 11.6. The second-order valence-corrected chi connectivity index (χ2v) is 3.87. The molecule has 0 aliphatic heterocycles. The van der Waals surface area contributed by atoms with Gasteiger partial charge in [0.2, 0.25) is 0 Å². The molecule has 1 atom stereocenters. The number of carbonyl (C=O) groups excluding carboxylic acids is 1. The number of ether oxygens (including phenoxy) is 1. The summed E-state index contributed by atoms with van der Waals surface area (Å²) < 4.78 is 5.99. The predicted octanol–water partition coefficient (Wildman–Crippen LogP) is 1.37. The number of nitriles is 1. The van der Waals surface area contributed by atoms with Gasteiger partial charge in [0.25, 0.3) is 5.82 Å². The van der Waals surface area contributed by atoms with Crippen LogP contribution in [0.3, 0.4) is 0 Å². The maximum Gasteiger partial charge on any atom is 0.377 e. The highest BCUT2D eigenvalue weighted by molar-refractivity contribution is 5.84. The molecule has 0 aliphatic carbocycles. The Morgan fingerprint density at radius 1 is 1.47 bits per heavy atom. The van der Waals surface area contributed by atoms with Gasteiger partial charge in [0.1, 0.15) is 6.33 Å². The summed E-state index contributed by atoms with van der Waals surface area (Å²) in [6.45, 7) is 0.338. The van der Waals surface area contributed by atoms with E-state index in [0.29, 0.717) is 6.54 Å². The maximum absolute atomic E-state index is 11.2. The zero-order chi connectivity index (χ0) is 13.7. The predicted molar refractivity (Wildman–Crippen MR) is 66.2 cm³/mol. The third kappa shape index (κ3) is 2.96. The van der Waals surface area contributed by atoms with Crippen molar-refractivity contribution in [1.29, 1.82) is 5.26 Å².